The van der Waals surface area contributed by atoms with E-state index in [-0.39, 0.29) is 12.5 Å². The number of hydrazone groups is 1. The minimum Gasteiger partial charge on any atom is -0.482 e. The predicted molar refractivity (Wildman–Crippen MR) is 86.7 cm³/mol. The van der Waals surface area contributed by atoms with Crippen molar-refractivity contribution in [2.45, 2.75) is 6.92 Å². The maximum absolute atomic E-state index is 11.6. The van der Waals surface area contributed by atoms with Crippen molar-refractivity contribution in [3.63, 3.8) is 0 Å². The van der Waals surface area contributed by atoms with Gasteiger partial charge < -0.3 is 4.74 Å². The number of amides is 1. The van der Waals surface area contributed by atoms with E-state index < -0.39 is 0 Å². The lowest BCUT2D eigenvalue weighted by Crippen LogP contribution is -2.24. The maximum Gasteiger partial charge on any atom is 0.277 e. The number of nitrogens with one attached hydrogen (secondary N) is 1. The van der Waals surface area contributed by atoms with Crippen LogP contribution in [0.4, 0.5) is 0 Å². The summed E-state index contributed by atoms with van der Waals surface area (Å²) in [4.78, 5) is 12.6. The number of carbonyl (C=O) groups excluding carboxylic acids is 1. The zero-order chi connectivity index (χ0) is 15.2. The zero-order valence-electron chi connectivity index (χ0n) is 11.1. The Balaban J connectivity index is 1.82. The Bertz CT molecular complexity index is 671. The van der Waals surface area contributed by atoms with Crippen molar-refractivity contribution < 1.29 is 9.53 Å². The highest BCUT2D eigenvalue weighted by Gasteiger charge is 2.05. The van der Waals surface area contributed by atoms with Gasteiger partial charge in [-0.3, -0.25) is 4.79 Å². The largest absolute Gasteiger partial charge is 0.482 e. The monoisotopic (exact) mass is 342 g/mol. The van der Waals surface area contributed by atoms with Gasteiger partial charge in [-0.2, -0.15) is 5.10 Å². The molecule has 0 radical (unpaired) electrons. The van der Waals surface area contributed by atoms with Crippen LogP contribution in [-0.2, 0) is 4.79 Å². The summed E-state index contributed by atoms with van der Waals surface area (Å²) in [6.07, 6.45) is 1.60. The third kappa shape index (κ3) is 4.74. The second-order valence-corrected chi connectivity index (χ2v) is 5.92. The van der Waals surface area contributed by atoms with Crippen LogP contribution in [-0.4, -0.2) is 18.7 Å². The van der Waals surface area contributed by atoms with Crippen molar-refractivity contribution in [2.75, 3.05) is 6.61 Å². The number of carbonyl (C=O) groups is 1. The second kappa shape index (κ2) is 7.45. The van der Waals surface area contributed by atoms with Crippen molar-refractivity contribution in [1.29, 1.82) is 0 Å². The Morgan fingerprint density at radius 1 is 1.43 bits per heavy atom. The summed E-state index contributed by atoms with van der Waals surface area (Å²) < 4.78 is 5.29. The van der Waals surface area contributed by atoms with Crippen LogP contribution in [0, 0.1) is 6.92 Å². The van der Waals surface area contributed by atoms with Crippen molar-refractivity contribution in [3.8, 4) is 5.75 Å². The maximum atomic E-state index is 11.6. The molecular weight excluding hydrogens is 331 g/mol. The van der Waals surface area contributed by atoms with Crippen LogP contribution in [0.1, 0.15) is 10.4 Å². The zero-order valence-corrected chi connectivity index (χ0v) is 13.4. The number of hydrogen-bond donors (Lipinski definition) is 1. The quantitative estimate of drug-likeness (QED) is 0.661. The summed E-state index contributed by atoms with van der Waals surface area (Å²) in [7, 11) is 0. The molecule has 1 amide bonds. The Labute approximate surface area is 136 Å². The van der Waals surface area contributed by atoms with E-state index in [1.165, 1.54) is 0 Å². The summed E-state index contributed by atoms with van der Waals surface area (Å²) in [5, 5.41) is 6.70. The Morgan fingerprint density at radius 2 is 2.24 bits per heavy atom. The minimum absolute atomic E-state index is 0.178. The fourth-order valence-corrected chi connectivity index (χ4v) is 2.70. The van der Waals surface area contributed by atoms with Gasteiger partial charge in [-0.1, -0.05) is 23.2 Å². The number of aryl methyl sites for hydroxylation is 1. The Morgan fingerprint density at radius 3 is 2.90 bits per heavy atom. The average molecular weight is 343 g/mol. The van der Waals surface area contributed by atoms with Crippen LogP contribution in [0.2, 0.25) is 10.0 Å². The first-order valence-electron chi connectivity index (χ1n) is 6.00. The molecule has 0 atom stereocenters. The molecule has 1 N–H and O–H groups in total. The first-order chi connectivity index (χ1) is 10.1. The van der Waals surface area contributed by atoms with E-state index in [1.54, 1.807) is 35.8 Å². The number of halogens is 2. The smallest absolute Gasteiger partial charge is 0.277 e. The lowest BCUT2D eigenvalue weighted by Gasteiger charge is -2.06. The van der Waals surface area contributed by atoms with Crippen LogP contribution in [0.15, 0.2) is 34.7 Å². The van der Waals surface area contributed by atoms with Crippen LogP contribution >= 0.6 is 34.5 Å². The number of ether oxygens (including phenoxy) is 1. The van der Waals surface area contributed by atoms with Gasteiger partial charge in [-0.15, -0.1) is 11.3 Å². The summed E-state index contributed by atoms with van der Waals surface area (Å²) in [5.41, 5.74) is 3.51. The molecule has 1 aromatic carbocycles. The lowest BCUT2D eigenvalue weighted by molar-refractivity contribution is -0.123. The van der Waals surface area contributed by atoms with Crippen LogP contribution < -0.4 is 10.2 Å². The highest BCUT2D eigenvalue weighted by Crippen LogP contribution is 2.27. The first-order valence-corrected chi connectivity index (χ1v) is 7.63. The Hall–Kier alpha value is -1.56. The van der Waals surface area contributed by atoms with Gasteiger partial charge in [0.25, 0.3) is 5.91 Å². The molecule has 21 heavy (non-hydrogen) atoms. The van der Waals surface area contributed by atoms with Gasteiger partial charge in [0.05, 0.1) is 11.2 Å². The van der Waals surface area contributed by atoms with Gasteiger partial charge in [0, 0.05) is 9.90 Å². The molecule has 7 heteroatoms. The molecule has 0 bridgehead atoms. The topological polar surface area (TPSA) is 50.7 Å². The molecule has 2 aromatic rings. The van der Waals surface area contributed by atoms with E-state index in [0.717, 1.165) is 10.4 Å². The number of benzene rings is 1. The normalized spacial score (nSPS) is 10.8. The molecule has 0 aliphatic heterocycles. The predicted octanol–water partition coefficient (Wildman–Crippen LogP) is 3.89. The first kappa shape index (κ1) is 15.8. The van der Waals surface area contributed by atoms with Gasteiger partial charge in [0.2, 0.25) is 0 Å². The molecule has 0 unspecified atom stereocenters. The van der Waals surface area contributed by atoms with Crippen LogP contribution in [0.3, 0.4) is 0 Å². The molecule has 0 spiro atoms. The third-order valence-corrected chi connectivity index (χ3v) is 4.01. The van der Waals surface area contributed by atoms with Gasteiger partial charge in [0.15, 0.2) is 6.61 Å². The van der Waals surface area contributed by atoms with E-state index in [2.05, 4.69) is 10.5 Å². The third-order valence-electron chi connectivity index (χ3n) is 2.53. The summed E-state index contributed by atoms with van der Waals surface area (Å²) >= 11 is 13.3. The van der Waals surface area contributed by atoms with Crippen LogP contribution in [0.5, 0.6) is 5.75 Å². The van der Waals surface area contributed by atoms with E-state index in [9.17, 15) is 4.79 Å². The van der Waals surface area contributed by atoms with Crippen molar-refractivity contribution in [1.82, 2.24) is 5.43 Å². The molecule has 110 valence electrons. The van der Waals surface area contributed by atoms with Crippen LogP contribution in [0.25, 0.3) is 0 Å². The van der Waals surface area contributed by atoms with Crippen molar-refractivity contribution in [2.24, 2.45) is 5.10 Å². The molecule has 0 aliphatic carbocycles. The van der Waals surface area contributed by atoms with E-state index in [1.807, 2.05) is 18.4 Å². The molecular formula is C14H12Cl2N2O2S. The molecule has 0 aliphatic rings. The van der Waals surface area contributed by atoms with Crippen molar-refractivity contribution >= 4 is 46.7 Å². The molecule has 1 aromatic heterocycles. The van der Waals surface area contributed by atoms with Crippen molar-refractivity contribution in [3.05, 3.63) is 50.1 Å². The van der Waals surface area contributed by atoms with Gasteiger partial charge in [-0.05, 0) is 42.1 Å². The highest BCUT2D eigenvalue weighted by atomic mass is 35.5. The standard InChI is InChI=1S/C14H12Cl2N2O2S/c1-9-4-5-21-13(9)7-17-18-14(19)8-20-12-3-2-10(15)6-11(12)16/h2-7H,8H2,1H3,(H,18,19)/b17-7-. The molecule has 0 fully saturated rings. The van der Waals surface area contributed by atoms with Gasteiger partial charge >= 0.3 is 0 Å². The van der Waals surface area contributed by atoms with Gasteiger partial charge in [0.1, 0.15) is 5.75 Å². The number of hydrogen-bond acceptors (Lipinski definition) is 4. The molecule has 0 saturated carbocycles. The number of thiophene rings is 1. The lowest BCUT2D eigenvalue weighted by atomic mass is 10.3. The molecule has 2 rings (SSSR count). The molecule has 1 heterocycles. The number of nitrogens with zero attached hydrogens (tertiary/aromatic N) is 1. The molecule has 4 nitrogen and oxygen atoms in total. The number of rotatable bonds is 5. The summed E-state index contributed by atoms with van der Waals surface area (Å²) in [5.74, 6) is 0.0285. The van der Waals surface area contributed by atoms with E-state index in [0.29, 0.717) is 15.8 Å². The fraction of sp³-hybridized carbons (Fsp3) is 0.143. The van der Waals surface area contributed by atoms with Gasteiger partial charge in [-0.25, -0.2) is 5.43 Å². The minimum atomic E-state index is -0.369. The Kier molecular flexibility index (Phi) is 5.61. The second-order valence-electron chi connectivity index (χ2n) is 4.12. The average Bonchev–Trinajstić information content (AvgIpc) is 2.83. The fourth-order valence-electron chi connectivity index (χ4n) is 1.45. The summed E-state index contributed by atoms with van der Waals surface area (Å²) in [6.45, 7) is 1.80. The highest BCUT2D eigenvalue weighted by molar-refractivity contribution is 7.11. The van der Waals surface area contributed by atoms with E-state index >= 15 is 0 Å². The van der Waals surface area contributed by atoms with E-state index in [4.69, 9.17) is 27.9 Å². The molecule has 0 saturated heterocycles. The summed E-state index contributed by atoms with van der Waals surface area (Å²) in [6, 6.07) is 6.78. The SMILES string of the molecule is Cc1ccsc1/C=N\NC(=O)COc1ccc(Cl)cc1Cl.